The highest BCUT2D eigenvalue weighted by Gasteiger charge is 2.38. The van der Waals surface area contributed by atoms with Crippen molar-refractivity contribution < 1.29 is 37.0 Å². The van der Waals surface area contributed by atoms with Gasteiger partial charge in [-0.15, -0.1) is 0 Å². The van der Waals surface area contributed by atoms with Crippen molar-refractivity contribution in [2.24, 2.45) is 0 Å². The molecule has 0 radical (unpaired) electrons. The predicted octanol–water partition coefficient (Wildman–Crippen LogP) is 3.38. The van der Waals surface area contributed by atoms with Gasteiger partial charge in [0.2, 0.25) is 0 Å². The number of benzene rings is 2. The van der Waals surface area contributed by atoms with E-state index < -0.39 is 30.6 Å². The second-order valence-electron chi connectivity index (χ2n) is 5.61. The van der Waals surface area contributed by atoms with E-state index >= 15 is 0 Å². The molecule has 0 spiro atoms. The number of amides is 2. The van der Waals surface area contributed by atoms with Crippen LogP contribution >= 0.6 is 0 Å². The smallest absolute Gasteiger partial charge is 0.471 e. The first-order valence-corrected chi connectivity index (χ1v) is 8.37. The Hall–Kier alpha value is -3.56. The number of hydrogen-bond acceptors (Lipinski definition) is 5. The summed E-state index contributed by atoms with van der Waals surface area (Å²) >= 11 is 0. The zero-order valence-corrected chi connectivity index (χ0v) is 15.2. The first-order valence-electron chi connectivity index (χ1n) is 8.37. The summed E-state index contributed by atoms with van der Waals surface area (Å²) in [5, 5.41) is 4.19. The standard InChI is InChI=1S/C19H17F3N2O5/c1-2-28-15-9-7-13(8-10-15)23-16(25)11-29-17(26)12-3-5-14(6-4-12)24-18(27)19(20,21)22/h3-10H,2,11H2,1H3,(H,23,25)(H,24,27). The molecule has 154 valence electrons. The maximum Gasteiger partial charge on any atom is 0.471 e. The Morgan fingerprint density at radius 1 is 0.897 bits per heavy atom. The first-order chi connectivity index (χ1) is 13.7. The Labute approximate surface area is 163 Å². The number of anilines is 2. The van der Waals surface area contributed by atoms with Crippen LogP contribution in [0.2, 0.25) is 0 Å². The summed E-state index contributed by atoms with van der Waals surface area (Å²) < 4.78 is 46.7. The number of esters is 1. The SMILES string of the molecule is CCOc1ccc(NC(=O)COC(=O)c2ccc(NC(=O)C(F)(F)F)cc2)cc1. The van der Waals surface area contributed by atoms with E-state index in [1.54, 1.807) is 29.6 Å². The minimum atomic E-state index is -5.02. The predicted molar refractivity (Wildman–Crippen MR) is 97.6 cm³/mol. The fourth-order valence-electron chi connectivity index (χ4n) is 2.10. The molecule has 0 saturated carbocycles. The molecule has 2 rings (SSSR count). The van der Waals surface area contributed by atoms with Crippen LogP contribution in [-0.4, -0.2) is 37.2 Å². The van der Waals surface area contributed by atoms with E-state index in [2.05, 4.69) is 5.32 Å². The molecule has 2 aromatic rings. The molecule has 2 aromatic carbocycles. The van der Waals surface area contributed by atoms with E-state index in [0.717, 1.165) is 12.1 Å². The summed E-state index contributed by atoms with van der Waals surface area (Å²) in [6.45, 7) is 1.80. The van der Waals surface area contributed by atoms with Gasteiger partial charge in [0.05, 0.1) is 12.2 Å². The number of halogens is 3. The molecular weight excluding hydrogens is 393 g/mol. The van der Waals surface area contributed by atoms with Gasteiger partial charge in [0.25, 0.3) is 5.91 Å². The quantitative estimate of drug-likeness (QED) is 0.683. The van der Waals surface area contributed by atoms with E-state index in [4.69, 9.17) is 9.47 Å². The van der Waals surface area contributed by atoms with Gasteiger partial charge < -0.3 is 20.1 Å². The van der Waals surface area contributed by atoms with Crippen molar-refractivity contribution in [3.05, 3.63) is 54.1 Å². The Morgan fingerprint density at radius 3 is 2.00 bits per heavy atom. The van der Waals surface area contributed by atoms with Crippen molar-refractivity contribution in [3.8, 4) is 5.75 Å². The van der Waals surface area contributed by atoms with Crippen molar-refractivity contribution in [1.29, 1.82) is 0 Å². The van der Waals surface area contributed by atoms with Gasteiger partial charge in [0.1, 0.15) is 5.75 Å². The summed E-state index contributed by atoms with van der Waals surface area (Å²) in [6, 6.07) is 11.1. The van der Waals surface area contributed by atoms with Gasteiger partial charge in [-0.05, 0) is 55.5 Å². The van der Waals surface area contributed by atoms with E-state index in [1.165, 1.54) is 12.1 Å². The van der Waals surface area contributed by atoms with Gasteiger partial charge in [-0.1, -0.05) is 0 Å². The number of rotatable bonds is 7. The molecular formula is C19H17F3N2O5. The van der Waals surface area contributed by atoms with Gasteiger partial charge in [-0.2, -0.15) is 13.2 Å². The molecule has 0 aliphatic heterocycles. The molecule has 7 nitrogen and oxygen atoms in total. The number of carbonyl (C=O) groups excluding carboxylic acids is 3. The third-order valence-corrected chi connectivity index (χ3v) is 3.42. The Balaban J connectivity index is 1.83. The molecule has 2 amide bonds. The molecule has 0 unspecified atom stereocenters. The molecule has 0 heterocycles. The van der Waals surface area contributed by atoms with Crippen LogP contribution in [0.4, 0.5) is 24.5 Å². The average Bonchev–Trinajstić information content (AvgIpc) is 2.67. The molecule has 0 bridgehead atoms. The largest absolute Gasteiger partial charge is 0.494 e. The zero-order chi connectivity index (χ0) is 21.4. The minimum absolute atomic E-state index is 0.00359. The summed E-state index contributed by atoms with van der Waals surface area (Å²) in [5.74, 6) is -2.90. The van der Waals surface area contributed by atoms with Crippen LogP contribution in [0.1, 0.15) is 17.3 Å². The topological polar surface area (TPSA) is 93.7 Å². The molecule has 0 aliphatic carbocycles. The number of carbonyl (C=O) groups is 3. The molecule has 0 aromatic heterocycles. The van der Waals surface area contributed by atoms with E-state index in [-0.39, 0.29) is 11.3 Å². The van der Waals surface area contributed by atoms with Crippen LogP contribution in [0, 0.1) is 0 Å². The number of alkyl halides is 3. The fraction of sp³-hybridized carbons (Fsp3) is 0.211. The van der Waals surface area contributed by atoms with Crippen LogP contribution in [0.3, 0.4) is 0 Å². The van der Waals surface area contributed by atoms with Crippen LogP contribution in [0.25, 0.3) is 0 Å². The third-order valence-electron chi connectivity index (χ3n) is 3.42. The van der Waals surface area contributed by atoms with Crippen LogP contribution in [0.5, 0.6) is 5.75 Å². The summed E-state index contributed by atoms with van der Waals surface area (Å²) in [7, 11) is 0. The highest BCUT2D eigenvalue weighted by atomic mass is 19.4. The lowest BCUT2D eigenvalue weighted by atomic mass is 10.2. The lowest BCUT2D eigenvalue weighted by Crippen LogP contribution is -2.29. The highest BCUT2D eigenvalue weighted by molar-refractivity contribution is 5.97. The van der Waals surface area contributed by atoms with E-state index in [1.807, 2.05) is 6.92 Å². The van der Waals surface area contributed by atoms with Crippen LogP contribution < -0.4 is 15.4 Å². The Morgan fingerprint density at radius 2 is 1.45 bits per heavy atom. The van der Waals surface area contributed by atoms with Crippen molar-refractivity contribution in [2.45, 2.75) is 13.1 Å². The highest BCUT2D eigenvalue weighted by Crippen LogP contribution is 2.19. The van der Waals surface area contributed by atoms with Gasteiger partial charge in [0, 0.05) is 11.4 Å². The fourth-order valence-corrected chi connectivity index (χ4v) is 2.10. The molecule has 2 N–H and O–H groups in total. The van der Waals surface area contributed by atoms with Crippen LogP contribution in [0.15, 0.2) is 48.5 Å². The van der Waals surface area contributed by atoms with E-state index in [0.29, 0.717) is 18.0 Å². The van der Waals surface area contributed by atoms with Gasteiger partial charge in [0.15, 0.2) is 6.61 Å². The summed E-state index contributed by atoms with van der Waals surface area (Å²) in [5.41, 5.74) is 0.347. The van der Waals surface area contributed by atoms with Gasteiger partial charge >= 0.3 is 18.1 Å². The Kier molecular flexibility index (Phi) is 7.18. The average molecular weight is 410 g/mol. The third kappa shape index (κ3) is 6.83. The van der Waals surface area contributed by atoms with Gasteiger partial charge in [-0.3, -0.25) is 9.59 Å². The minimum Gasteiger partial charge on any atom is -0.494 e. The zero-order valence-electron chi connectivity index (χ0n) is 15.2. The lowest BCUT2D eigenvalue weighted by Gasteiger charge is -2.09. The Bertz CT molecular complexity index is 865. The van der Waals surface area contributed by atoms with Crippen molar-refractivity contribution in [2.75, 3.05) is 23.8 Å². The molecule has 0 aliphatic rings. The number of ether oxygens (including phenoxy) is 2. The molecule has 0 fully saturated rings. The summed E-state index contributed by atoms with van der Waals surface area (Å²) in [4.78, 5) is 34.6. The maximum absolute atomic E-state index is 12.2. The lowest BCUT2D eigenvalue weighted by molar-refractivity contribution is -0.167. The second-order valence-corrected chi connectivity index (χ2v) is 5.61. The number of hydrogen-bond donors (Lipinski definition) is 2. The van der Waals surface area contributed by atoms with Crippen LogP contribution in [-0.2, 0) is 14.3 Å². The molecule has 0 saturated heterocycles. The van der Waals surface area contributed by atoms with Crippen molar-refractivity contribution in [3.63, 3.8) is 0 Å². The van der Waals surface area contributed by atoms with E-state index in [9.17, 15) is 27.6 Å². The van der Waals surface area contributed by atoms with Crippen molar-refractivity contribution in [1.82, 2.24) is 0 Å². The number of nitrogens with one attached hydrogen (secondary N) is 2. The monoisotopic (exact) mass is 410 g/mol. The maximum atomic E-state index is 12.2. The molecule has 29 heavy (non-hydrogen) atoms. The first kappa shape index (κ1) is 21.7. The van der Waals surface area contributed by atoms with Gasteiger partial charge in [-0.25, -0.2) is 4.79 Å². The normalized spacial score (nSPS) is 10.8. The second kappa shape index (κ2) is 9.58. The van der Waals surface area contributed by atoms with Crippen molar-refractivity contribution >= 4 is 29.2 Å². The summed E-state index contributed by atoms with van der Waals surface area (Å²) in [6.07, 6.45) is -5.02. The molecule has 10 heteroatoms. The molecule has 0 atom stereocenters.